The molecule has 1 heterocycles. The largest absolute Gasteiger partial charge is 0.383 e. The van der Waals surface area contributed by atoms with Crippen LogP contribution in [0.1, 0.15) is 5.56 Å². The number of hydrogen-bond donors (Lipinski definition) is 0. The van der Waals surface area contributed by atoms with E-state index in [2.05, 4.69) is 4.98 Å². The van der Waals surface area contributed by atoms with Gasteiger partial charge in [-0.2, -0.15) is 0 Å². The van der Waals surface area contributed by atoms with Crippen molar-refractivity contribution in [2.24, 2.45) is 0 Å². The maximum Gasteiger partial charge on any atom is 0.233 e. The summed E-state index contributed by atoms with van der Waals surface area (Å²) in [6.07, 6.45) is 0.219. The van der Waals surface area contributed by atoms with Crippen molar-refractivity contribution in [2.45, 2.75) is 6.42 Å². The molecule has 7 heteroatoms. The van der Waals surface area contributed by atoms with Crippen LogP contribution in [0.2, 0.25) is 10.0 Å². The molecule has 1 aromatic heterocycles. The molecule has 0 saturated heterocycles. The summed E-state index contributed by atoms with van der Waals surface area (Å²) in [6, 6.07) is 13.0. The summed E-state index contributed by atoms with van der Waals surface area (Å²) in [4.78, 5) is 19.1. The number of para-hydroxylation sites is 1. The number of halogens is 2. The highest BCUT2D eigenvalue weighted by Crippen LogP contribution is 2.29. The lowest BCUT2D eigenvalue weighted by molar-refractivity contribution is -0.118. The number of carbonyl (C=O) groups is 1. The maximum atomic E-state index is 12.9. The maximum absolute atomic E-state index is 12.9. The van der Waals surface area contributed by atoms with Crippen LogP contribution in [0.4, 0.5) is 5.13 Å². The van der Waals surface area contributed by atoms with E-state index < -0.39 is 0 Å². The summed E-state index contributed by atoms with van der Waals surface area (Å²) >= 11 is 13.5. The molecule has 0 aliphatic carbocycles. The van der Waals surface area contributed by atoms with E-state index >= 15 is 0 Å². The average Bonchev–Trinajstić information content (AvgIpc) is 3.02. The lowest BCUT2D eigenvalue weighted by Gasteiger charge is -2.19. The summed E-state index contributed by atoms with van der Waals surface area (Å²) in [5, 5.41) is 1.58. The van der Waals surface area contributed by atoms with Crippen LogP contribution < -0.4 is 4.90 Å². The number of carbonyl (C=O) groups excluding carboxylic acids is 1. The van der Waals surface area contributed by atoms with Crippen LogP contribution in [0.3, 0.4) is 0 Å². The van der Waals surface area contributed by atoms with Crippen LogP contribution in [0.5, 0.6) is 0 Å². The van der Waals surface area contributed by atoms with Gasteiger partial charge in [-0.1, -0.05) is 52.7 Å². The van der Waals surface area contributed by atoms with E-state index in [0.717, 1.165) is 15.8 Å². The van der Waals surface area contributed by atoms with Crippen molar-refractivity contribution in [1.29, 1.82) is 0 Å². The molecule has 0 fully saturated rings. The van der Waals surface area contributed by atoms with Gasteiger partial charge in [-0.3, -0.25) is 9.69 Å². The van der Waals surface area contributed by atoms with E-state index in [1.54, 1.807) is 30.2 Å². The first-order valence-corrected chi connectivity index (χ1v) is 9.24. The Morgan fingerprint density at radius 1 is 1.20 bits per heavy atom. The number of aromatic nitrogens is 1. The quantitative estimate of drug-likeness (QED) is 0.601. The van der Waals surface area contributed by atoms with E-state index in [9.17, 15) is 4.79 Å². The van der Waals surface area contributed by atoms with Gasteiger partial charge in [-0.15, -0.1) is 0 Å². The summed E-state index contributed by atoms with van der Waals surface area (Å²) in [5.74, 6) is -0.0607. The Morgan fingerprint density at radius 2 is 2.00 bits per heavy atom. The summed E-state index contributed by atoms with van der Waals surface area (Å²) < 4.78 is 6.19. The minimum atomic E-state index is -0.0607. The topological polar surface area (TPSA) is 42.4 Å². The number of amides is 1. The molecule has 0 N–H and O–H groups in total. The van der Waals surface area contributed by atoms with Crippen LogP contribution in [0.25, 0.3) is 10.2 Å². The van der Waals surface area contributed by atoms with Gasteiger partial charge in [0.15, 0.2) is 5.13 Å². The van der Waals surface area contributed by atoms with Crippen molar-refractivity contribution in [2.75, 3.05) is 25.2 Å². The Balaban J connectivity index is 1.86. The molecule has 130 valence electrons. The fourth-order valence-electron chi connectivity index (χ4n) is 2.40. The highest BCUT2D eigenvalue weighted by molar-refractivity contribution is 7.22. The molecule has 0 spiro atoms. The number of hydrogen-bond acceptors (Lipinski definition) is 4. The van der Waals surface area contributed by atoms with Crippen LogP contribution in [-0.4, -0.2) is 31.2 Å². The van der Waals surface area contributed by atoms with Gasteiger partial charge in [0, 0.05) is 7.11 Å². The molecule has 3 rings (SSSR count). The Morgan fingerprint density at radius 3 is 2.72 bits per heavy atom. The molecular formula is C18H16Cl2N2O2S. The van der Waals surface area contributed by atoms with E-state index in [4.69, 9.17) is 27.9 Å². The first-order chi connectivity index (χ1) is 12.1. The third-order valence-electron chi connectivity index (χ3n) is 3.67. The molecule has 2 aromatic carbocycles. The van der Waals surface area contributed by atoms with Gasteiger partial charge in [0.25, 0.3) is 0 Å². The van der Waals surface area contributed by atoms with Gasteiger partial charge < -0.3 is 4.74 Å². The van der Waals surface area contributed by atoms with Crippen LogP contribution >= 0.6 is 34.5 Å². The first-order valence-electron chi connectivity index (χ1n) is 7.67. The number of rotatable bonds is 6. The molecule has 0 radical (unpaired) electrons. The van der Waals surface area contributed by atoms with Crippen LogP contribution in [-0.2, 0) is 16.0 Å². The van der Waals surface area contributed by atoms with Gasteiger partial charge in [-0.05, 0) is 29.8 Å². The molecular weight excluding hydrogens is 379 g/mol. The summed E-state index contributed by atoms with van der Waals surface area (Å²) in [5.41, 5.74) is 1.69. The number of fused-ring (bicyclic) bond motifs is 1. The van der Waals surface area contributed by atoms with E-state index in [1.165, 1.54) is 11.3 Å². The zero-order valence-corrected chi connectivity index (χ0v) is 15.9. The second kappa shape index (κ2) is 8.15. The van der Waals surface area contributed by atoms with Crippen LogP contribution in [0.15, 0.2) is 42.5 Å². The van der Waals surface area contributed by atoms with Gasteiger partial charge in [0.2, 0.25) is 5.91 Å². The van der Waals surface area contributed by atoms with E-state index in [-0.39, 0.29) is 12.3 Å². The standard InChI is InChI=1S/C18H16Cl2N2O2S/c1-24-9-8-22(18-21-15-4-2-3-5-16(15)25-18)17(23)11-12-6-7-13(19)14(20)10-12/h2-7,10H,8-9,11H2,1H3. The third kappa shape index (κ3) is 4.30. The molecule has 4 nitrogen and oxygen atoms in total. The van der Waals surface area contributed by atoms with Crippen molar-refractivity contribution in [3.8, 4) is 0 Å². The highest BCUT2D eigenvalue weighted by Gasteiger charge is 2.20. The van der Waals surface area contributed by atoms with Crippen LogP contribution in [0, 0.1) is 0 Å². The van der Waals surface area contributed by atoms with Gasteiger partial charge >= 0.3 is 0 Å². The average molecular weight is 395 g/mol. The molecule has 0 aliphatic rings. The summed E-state index contributed by atoms with van der Waals surface area (Å²) in [6.45, 7) is 0.875. The molecule has 0 saturated carbocycles. The number of methoxy groups -OCH3 is 1. The lowest BCUT2D eigenvalue weighted by atomic mass is 10.1. The number of benzene rings is 2. The van der Waals surface area contributed by atoms with Crippen molar-refractivity contribution in [1.82, 2.24) is 4.98 Å². The Bertz CT molecular complexity index is 865. The zero-order valence-electron chi connectivity index (χ0n) is 13.5. The number of ether oxygens (including phenoxy) is 1. The number of thiazole rings is 1. The molecule has 1 amide bonds. The smallest absolute Gasteiger partial charge is 0.233 e. The molecule has 0 bridgehead atoms. The van der Waals surface area contributed by atoms with Crippen molar-refractivity contribution < 1.29 is 9.53 Å². The Labute approximate surface area is 159 Å². The normalized spacial score (nSPS) is 11.0. The van der Waals surface area contributed by atoms with E-state index in [0.29, 0.717) is 28.3 Å². The van der Waals surface area contributed by atoms with Crippen molar-refractivity contribution in [3.63, 3.8) is 0 Å². The molecule has 0 atom stereocenters. The third-order valence-corrected chi connectivity index (χ3v) is 5.47. The zero-order chi connectivity index (χ0) is 17.8. The van der Waals surface area contributed by atoms with Gasteiger partial charge in [0.05, 0.1) is 39.8 Å². The number of nitrogens with zero attached hydrogens (tertiary/aromatic N) is 2. The molecule has 25 heavy (non-hydrogen) atoms. The second-order valence-electron chi connectivity index (χ2n) is 5.43. The first kappa shape index (κ1) is 18.1. The number of anilines is 1. The summed E-state index contributed by atoms with van der Waals surface area (Å²) in [7, 11) is 1.61. The Kier molecular flexibility index (Phi) is 5.91. The van der Waals surface area contributed by atoms with Crippen molar-refractivity contribution in [3.05, 3.63) is 58.1 Å². The Hall–Kier alpha value is -1.66. The molecule has 3 aromatic rings. The van der Waals surface area contributed by atoms with Crippen molar-refractivity contribution >= 4 is 55.8 Å². The highest BCUT2D eigenvalue weighted by atomic mass is 35.5. The van der Waals surface area contributed by atoms with E-state index in [1.807, 2.05) is 24.3 Å². The SMILES string of the molecule is COCCN(C(=O)Cc1ccc(Cl)c(Cl)c1)c1nc2ccccc2s1. The fourth-order valence-corrected chi connectivity index (χ4v) is 3.73. The monoisotopic (exact) mass is 394 g/mol. The predicted octanol–water partition coefficient (Wildman–Crippen LogP) is 4.83. The van der Waals surface area contributed by atoms with Gasteiger partial charge in [0.1, 0.15) is 0 Å². The predicted molar refractivity (Wildman–Crippen MR) is 104 cm³/mol. The fraction of sp³-hybridized carbons (Fsp3) is 0.222. The molecule has 0 aliphatic heterocycles. The minimum Gasteiger partial charge on any atom is -0.383 e. The minimum absolute atomic E-state index is 0.0607. The molecule has 0 unspecified atom stereocenters. The van der Waals surface area contributed by atoms with Gasteiger partial charge in [-0.25, -0.2) is 4.98 Å². The second-order valence-corrected chi connectivity index (χ2v) is 7.25. The lowest BCUT2D eigenvalue weighted by Crippen LogP contribution is -2.35.